The Kier molecular flexibility index (Phi) is 2.46. The quantitative estimate of drug-likeness (QED) is 0.449. The molecule has 1 aliphatic heterocycles. The highest BCUT2D eigenvalue weighted by Crippen LogP contribution is 2.04. The Morgan fingerprint density at radius 3 is 2.82 bits per heavy atom. The first-order chi connectivity index (χ1) is 5.15. The summed E-state index contributed by atoms with van der Waals surface area (Å²) in [5, 5.41) is 13.8. The molecule has 64 valence electrons. The van der Waals surface area contributed by atoms with Crippen molar-refractivity contribution in [1.29, 1.82) is 0 Å². The van der Waals surface area contributed by atoms with E-state index < -0.39 is 6.09 Å². The summed E-state index contributed by atoms with van der Waals surface area (Å²) in [5.74, 6) is 0. The topological polar surface area (TPSA) is 52.2 Å². The fourth-order valence-electron chi connectivity index (χ4n) is 1.30. The lowest BCUT2D eigenvalue weighted by Crippen LogP contribution is -2.57. The summed E-state index contributed by atoms with van der Waals surface area (Å²) in [6, 6.07) is 0. The Balaban J connectivity index is 2.59. The fraction of sp³-hybridized carbons (Fsp3) is 0.857. The molecule has 0 aromatic carbocycles. The first-order valence-electron chi connectivity index (χ1n) is 3.92. The van der Waals surface area contributed by atoms with Gasteiger partial charge in [0.25, 0.3) is 6.09 Å². The fourth-order valence-corrected chi connectivity index (χ4v) is 1.30. The van der Waals surface area contributed by atoms with Crippen molar-refractivity contribution in [1.82, 2.24) is 5.32 Å². The van der Waals surface area contributed by atoms with Crippen molar-refractivity contribution in [2.75, 3.05) is 33.2 Å². The van der Waals surface area contributed by atoms with Crippen LogP contribution in [-0.4, -0.2) is 43.8 Å². The van der Waals surface area contributed by atoms with Crippen molar-refractivity contribution < 1.29 is 14.4 Å². The molecule has 0 aliphatic carbocycles. The van der Waals surface area contributed by atoms with Crippen LogP contribution in [-0.2, 0) is 0 Å². The van der Waals surface area contributed by atoms with E-state index in [9.17, 15) is 9.90 Å². The van der Waals surface area contributed by atoms with Crippen molar-refractivity contribution in [3.05, 3.63) is 0 Å². The van der Waals surface area contributed by atoms with Crippen LogP contribution in [0.5, 0.6) is 0 Å². The number of hydrogen-bond donors (Lipinski definition) is 1. The van der Waals surface area contributed by atoms with Crippen molar-refractivity contribution in [3.63, 3.8) is 0 Å². The molecule has 0 aromatic rings. The first kappa shape index (κ1) is 8.49. The summed E-state index contributed by atoms with van der Waals surface area (Å²) in [5.41, 5.74) is 0. The van der Waals surface area contributed by atoms with Gasteiger partial charge in [-0.25, -0.2) is 0 Å². The number of nitrogens with one attached hydrogen (secondary N) is 1. The lowest BCUT2D eigenvalue weighted by atomic mass is 10.3. The van der Waals surface area contributed by atoms with Crippen LogP contribution in [0.3, 0.4) is 0 Å². The Labute approximate surface area is 66.4 Å². The SMILES string of the molecule is C[N+]1(C(=O)[O-])CCCNCC1. The monoisotopic (exact) mass is 158 g/mol. The number of hydrogen-bond acceptors (Lipinski definition) is 3. The number of rotatable bonds is 0. The third kappa shape index (κ3) is 1.91. The van der Waals surface area contributed by atoms with Gasteiger partial charge in [0.15, 0.2) is 0 Å². The molecule has 0 radical (unpaired) electrons. The van der Waals surface area contributed by atoms with Gasteiger partial charge in [-0.05, 0) is 0 Å². The van der Waals surface area contributed by atoms with Crippen LogP contribution in [0.2, 0.25) is 0 Å². The summed E-state index contributed by atoms with van der Waals surface area (Å²) in [6.07, 6.45) is -0.0569. The number of carbonyl (C=O) groups is 1. The number of nitrogens with zero attached hydrogens (tertiary/aromatic N) is 1. The molecule has 0 bridgehead atoms. The third-order valence-corrected chi connectivity index (χ3v) is 2.23. The minimum Gasteiger partial charge on any atom is -0.498 e. The summed E-state index contributed by atoms with van der Waals surface area (Å²) in [7, 11) is 1.71. The number of likely N-dealkylation sites (N-methyl/N-ethyl adjacent to an activating group) is 1. The molecule has 1 saturated heterocycles. The number of carbonyl (C=O) groups excluding carboxylic acids is 1. The van der Waals surface area contributed by atoms with E-state index in [0.29, 0.717) is 13.1 Å². The predicted octanol–water partition coefficient (Wildman–Crippen LogP) is -1.23. The molecule has 4 nitrogen and oxygen atoms in total. The van der Waals surface area contributed by atoms with Gasteiger partial charge < -0.3 is 15.2 Å². The predicted molar refractivity (Wildman–Crippen MR) is 38.8 cm³/mol. The van der Waals surface area contributed by atoms with Crippen LogP contribution >= 0.6 is 0 Å². The molecule has 0 aromatic heterocycles. The minimum absolute atomic E-state index is 0.0486. The van der Waals surface area contributed by atoms with Crippen LogP contribution in [0, 0.1) is 0 Å². The molecule has 1 amide bonds. The Hall–Kier alpha value is -0.610. The summed E-state index contributed by atoms with van der Waals surface area (Å²) in [4.78, 5) is 10.7. The van der Waals surface area contributed by atoms with Crippen LogP contribution in [0.15, 0.2) is 0 Å². The van der Waals surface area contributed by atoms with Gasteiger partial charge in [0.05, 0.1) is 20.1 Å². The molecule has 1 aliphatic rings. The lowest BCUT2D eigenvalue weighted by molar-refractivity contribution is -0.855. The van der Waals surface area contributed by atoms with E-state index in [4.69, 9.17) is 0 Å². The van der Waals surface area contributed by atoms with Gasteiger partial charge in [-0.1, -0.05) is 0 Å². The molecule has 1 heterocycles. The standard InChI is InChI=1S/C7H14N2O2/c1-9(7(10)11)5-2-3-8-4-6-9/h8H,2-6H2,1H3. The zero-order valence-electron chi connectivity index (χ0n) is 6.80. The van der Waals surface area contributed by atoms with Gasteiger partial charge in [0.2, 0.25) is 0 Å². The highest BCUT2D eigenvalue weighted by molar-refractivity contribution is 5.53. The van der Waals surface area contributed by atoms with E-state index in [2.05, 4.69) is 5.32 Å². The van der Waals surface area contributed by atoms with E-state index in [1.807, 2.05) is 0 Å². The first-order valence-corrected chi connectivity index (χ1v) is 3.92. The van der Waals surface area contributed by atoms with Crippen molar-refractivity contribution in [2.24, 2.45) is 0 Å². The molecule has 1 fully saturated rings. The van der Waals surface area contributed by atoms with Crippen molar-refractivity contribution in [2.45, 2.75) is 6.42 Å². The number of quaternary nitrogens is 1. The zero-order valence-corrected chi connectivity index (χ0v) is 6.80. The van der Waals surface area contributed by atoms with Gasteiger partial charge in [-0.15, -0.1) is 0 Å². The van der Waals surface area contributed by atoms with Gasteiger partial charge >= 0.3 is 0 Å². The Morgan fingerprint density at radius 1 is 1.45 bits per heavy atom. The van der Waals surface area contributed by atoms with Gasteiger partial charge in [0, 0.05) is 19.5 Å². The van der Waals surface area contributed by atoms with Crippen LogP contribution in [0.1, 0.15) is 6.42 Å². The molecular weight excluding hydrogens is 144 g/mol. The van der Waals surface area contributed by atoms with Gasteiger partial charge in [-0.2, -0.15) is 0 Å². The van der Waals surface area contributed by atoms with E-state index in [0.717, 1.165) is 19.5 Å². The van der Waals surface area contributed by atoms with Crippen LogP contribution < -0.4 is 10.4 Å². The van der Waals surface area contributed by atoms with Gasteiger partial charge in [0.1, 0.15) is 0 Å². The van der Waals surface area contributed by atoms with E-state index >= 15 is 0 Å². The molecule has 1 rings (SSSR count). The highest BCUT2D eigenvalue weighted by atomic mass is 16.4. The largest absolute Gasteiger partial charge is 0.498 e. The highest BCUT2D eigenvalue weighted by Gasteiger charge is 2.24. The van der Waals surface area contributed by atoms with Crippen LogP contribution in [0.4, 0.5) is 4.79 Å². The molecule has 11 heavy (non-hydrogen) atoms. The maximum absolute atomic E-state index is 10.7. The maximum Gasteiger partial charge on any atom is 0.257 e. The second-order valence-electron chi connectivity index (χ2n) is 3.21. The molecule has 4 heteroatoms. The molecular formula is C7H14N2O2. The second-order valence-corrected chi connectivity index (χ2v) is 3.21. The normalized spacial score (nSPS) is 32.8. The number of amides is 1. The van der Waals surface area contributed by atoms with E-state index in [-0.39, 0.29) is 4.48 Å². The van der Waals surface area contributed by atoms with Crippen molar-refractivity contribution in [3.8, 4) is 0 Å². The Bertz CT molecular complexity index is 151. The van der Waals surface area contributed by atoms with E-state index in [1.165, 1.54) is 0 Å². The molecule has 1 N–H and O–H groups in total. The number of carboxylic acid groups (broad SMARTS) is 1. The lowest BCUT2D eigenvalue weighted by Gasteiger charge is -2.31. The summed E-state index contributed by atoms with van der Waals surface area (Å²) >= 11 is 0. The molecule has 1 unspecified atom stereocenters. The van der Waals surface area contributed by atoms with Crippen molar-refractivity contribution >= 4 is 6.09 Å². The Morgan fingerprint density at radius 2 is 2.18 bits per heavy atom. The zero-order chi connectivity index (χ0) is 8.32. The molecule has 1 atom stereocenters. The summed E-state index contributed by atoms with van der Waals surface area (Å²) in [6.45, 7) is 2.99. The van der Waals surface area contributed by atoms with Crippen LogP contribution in [0.25, 0.3) is 0 Å². The minimum atomic E-state index is -0.964. The third-order valence-electron chi connectivity index (χ3n) is 2.23. The maximum atomic E-state index is 10.7. The average Bonchev–Trinajstić information content (AvgIpc) is 2.15. The summed E-state index contributed by atoms with van der Waals surface area (Å²) < 4.78 is 0.0486. The average molecular weight is 158 g/mol. The molecule has 0 spiro atoms. The second kappa shape index (κ2) is 3.19. The smallest absolute Gasteiger partial charge is 0.257 e. The molecule has 0 saturated carbocycles. The van der Waals surface area contributed by atoms with Gasteiger partial charge in [-0.3, -0.25) is 4.48 Å². The van der Waals surface area contributed by atoms with E-state index in [1.54, 1.807) is 7.05 Å².